The zero-order valence-corrected chi connectivity index (χ0v) is 13.7. The van der Waals surface area contributed by atoms with Crippen LogP contribution in [0.15, 0.2) is 29.8 Å². The monoisotopic (exact) mass is 330 g/mol. The first kappa shape index (κ1) is 15.5. The van der Waals surface area contributed by atoms with Gasteiger partial charge < -0.3 is 15.5 Å². The molecule has 0 spiro atoms. The Hall–Kier alpha value is -2.41. The highest BCUT2D eigenvalue weighted by molar-refractivity contribution is 7.14. The highest BCUT2D eigenvalue weighted by atomic mass is 32.1. The molecule has 23 heavy (non-hydrogen) atoms. The van der Waals surface area contributed by atoms with Crippen molar-refractivity contribution in [3.63, 3.8) is 0 Å². The van der Waals surface area contributed by atoms with Crippen LogP contribution < -0.4 is 10.6 Å². The molecule has 120 valence electrons. The summed E-state index contributed by atoms with van der Waals surface area (Å²) >= 11 is 1.37. The fourth-order valence-electron chi connectivity index (χ4n) is 2.53. The summed E-state index contributed by atoms with van der Waals surface area (Å²) in [6.45, 7) is 3.03. The Morgan fingerprint density at radius 2 is 2.09 bits per heavy atom. The van der Waals surface area contributed by atoms with E-state index in [9.17, 15) is 9.59 Å². The molecule has 3 rings (SSSR count). The van der Waals surface area contributed by atoms with E-state index in [1.54, 1.807) is 10.4 Å². The molecule has 1 aromatic heterocycles. The average molecular weight is 330 g/mol. The fraction of sp³-hybridized carbons (Fsp3) is 0.312. The maximum absolute atomic E-state index is 12.2. The second kappa shape index (κ2) is 6.78. The van der Waals surface area contributed by atoms with Crippen molar-refractivity contribution in [2.24, 2.45) is 0 Å². The maximum atomic E-state index is 12.2. The number of nitrogens with zero attached hydrogens (tertiary/aromatic N) is 2. The molecule has 1 aromatic carbocycles. The van der Waals surface area contributed by atoms with E-state index in [0.29, 0.717) is 13.1 Å². The first-order valence-electron chi connectivity index (χ1n) is 7.43. The van der Waals surface area contributed by atoms with Gasteiger partial charge in [0.05, 0.1) is 17.7 Å². The molecule has 0 saturated carbocycles. The Morgan fingerprint density at radius 3 is 2.83 bits per heavy atom. The summed E-state index contributed by atoms with van der Waals surface area (Å²) in [5.41, 5.74) is 4.91. The van der Waals surface area contributed by atoms with Gasteiger partial charge in [0.25, 0.3) is 0 Å². The summed E-state index contributed by atoms with van der Waals surface area (Å²) in [5, 5.41) is 6.14. The van der Waals surface area contributed by atoms with Crippen LogP contribution >= 0.6 is 11.3 Å². The third kappa shape index (κ3) is 3.68. The van der Waals surface area contributed by atoms with E-state index in [-0.39, 0.29) is 18.5 Å². The maximum Gasteiger partial charge on any atom is 0.318 e. The summed E-state index contributed by atoms with van der Waals surface area (Å²) in [5.74, 6) is -0.247. The van der Waals surface area contributed by atoms with Crippen LogP contribution in [0.25, 0.3) is 0 Å². The van der Waals surface area contributed by atoms with Crippen LogP contribution in [0.5, 0.6) is 0 Å². The van der Waals surface area contributed by atoms with Crippen LogP contribution in [-0.4, -0.2) is 34.9 Å². The van der Waals surface area contributed by atoms with Gasteiger partial charge in [-0.2, -0.15) is 0 Å². The number of hydrogen-bond donors (Lipinski definition) is 2. The summed E-state index contributed by atoms with van der Waals surface area (Å²) in [6.07, 6.45) is 0.843. The molecule has 2 N–H and O–H groups in total. The average Bonchev–Trinajstić information content (AvgIpc) is 2.97. The number of aromatic nitrogens is 1. The fourth-order valence-corrected chi connectivity index (χ4v) is 3.24. The number of thiazole rings is 1. The van der Waals surface area contributed by atoms with Gasteiger partial charge in [-0.25, -0.2) is 9.78 Å². The van der Waals surface area contributed by atoms with E-state index in [1.165, 1.54) is 22.5 Å². The molecule has 0 saturated heterocycles. The van der Waals surface area contributed by atoms with E-state index >= 15 is 0 Å². The number of urea groups is 1. The van der Waals surface area contributed by atoms with Gasteiger partial charge in [0, 0.05) is 13.1 Å². The van der Waals surface area contributed by atoms with Gasteiger partial charge in [-0.15, -0.1) is 11.3 Å². The third-order valence-electron chi connectivity index (χ3n) is 3.82. The van der Waals surface area contributed by atoms with Gasteiger partial charge in [0.2, 0.25) is 5.91 Å². The SMILES string of the molecule is Cc1ncsc1NC(=O)CNC(=O)N1CCc2ccccc2C1. The number of carbonyl (C=O) groups is 2. The number of carbonyl (C=O) groups excluding carboxylic acids is 2. The van der Waals surface area contributed by atoms with E-state index in [0.717, 1.165) is 17.1 Å². The minimum absolute atomic E-state index is 0.0473. The minimum atomic E-state index is -0.247. The molecule has 0 aliphatic carbocycles. The van der Waals surface area contributed by atoms with Crippen molar-refractivity contribution in [1.82, 2.24) is 15.2 Å². The lowest BCUT2D eigenvalue weighted by Gasteiger charge is -2.28. The number of nitrogens with one attached hydrogen (secondary N) is 2. The molecule has 0 radical (unpaired) electrons. The molecule has 0 atom stereocenters. The lowest BCUT2D eigenvalue weighted by atomic mass is 10.0. The molecule has 3 amide bonds. The Kier molecular flexibility index (Phi) is 4.57. The quantitative estimate of drug-likeness (QED) is 0.905. The van der Waals surface area contributed by atoms with Crippen molar-refractivity contribution >= 4 is 28.3 Å². The topological polar surface area (TPSA) is 74.3 Å². The van der Waals surface area contributed by atoms with Crippen molar-refractivity contribution in [2.45, 2.75) is 19.9 Å². The van der Waals surface area contributed by atoms with Crippen molar-refractivity contribution < 1.29 is 9.59 Å². The summed E-state index contributed by atoms with van der Waals surface area (Å²) < 4.78 is 0. The third-order valence-corrected chi connectivity index (χ3v) is 4.66. The minimum Gasteiger partial charge on any atom is -0.329 e. The Bertz CT molecular complexity index is 728. The van der Waals surface area contributed by atoms with Gasteiger partial charge in [-0.1, -0.05) is 24.3 Å². The zero-order valence-electron chi connectivity index (χ0n) is 12.8. The smallest absolute Gasteiger partial charge is 0.318 e. The molecule has 0 bridgehead atoms. The van der Waals surface area contributed by atoms with Gasteiger partial charge in [-0.05, 0) is 24.5 Å². The standard InChI is InChI=1S/C16H18N4O2S/c1-11-15(23-10-18-11)19-14(21)8-17-16(22)20-7-6-12-4-2-3-5-13(12)9-20/h2-5,10H,6-9H2,1H3,(H,17,22)(H,19,21). The van der Waals surface area contributed by atoms with Crippen LogP contribution in [0.1, 0.15) is 16.8 Å². The van der Waals surface area contributed by atoms with Crippen LogP contribution in [0.2, 0.25) is 0 Å². The van der Waals surface area contributed by atoms with Gasteiger partial charge >= 0.3 is 6.03 Å². The number of aryl methyl sites for hydroxylation is 1. The predicted octanol–water partition coefficient (Wildman–Crippen LogP) is 2.16. The van der Waals surface area contributed by atoms with Crippen molar-refractivity contribution in [1.29, 1.82) is 0 Å². The summed E-state index contributed by atoms with van der Waals surface area (Å²) in [4.78, 5) is 29.9. The molecule has 7 heteroatoms. The number of benzene rings is 1. The Labute approximate surface area is 138 Å². The summed E-state index contributed by atoms with van der Waals surface area (Å²) in [6, 6.07) is 7.91. The van der Waals surface area contributed by atoms with E-state index in [1.807, 2.05) is 25.1 Å². The molecular formula is C16H18N4O2S. The molecule has 2 heterocycles. The second-order valence-electron chi connectivity index (χ2n) is 5.41. The van der Waals surface area contributed by atoms with Crippen molar-refractivity contribution in [3.8, 4) is 0 Å². The Morgan fingerprint density at radius 1 is 1.30 bits per heavy atom. The molecule has 1 aliphatic heterocycles. The first-order chi connectivity index (χ1) is 11.1. The molecular weight excluding hydrogens is 312 g/mol. The normalized spacial score (nSPS) is 13.3. The van der Waals surface area contributed by atoms with E-state index in [2.05, 4.69) is 21.7 Å². The molecule has 2 aromatic rings. The van der Waals surface area contributed by atoms with Crippen LogP contribution in [-0.2, 0) is 17.8 Å². The molecule has 1 aliphatic rings. The highest BCUT2D eigenvalue weighted by Crippen LogP contribution is 2.19. The van der Waals surface area contributed by atoms with Crippen LogP contribution in [0.4, 0.5) is 9.80 Å². The van der Waals surface area contributed by atoms with Gasteiger partial charge in [-0.3, -0.25) is 4.79 Å². The highest BCUT2D eigenvalue weighted by Gasteiger charge is 2.20. The van der Waals surface area contributed by atoms with Gasteiger partial charge in [0.1, 0.15) is 5.00 Å². The lowest BCUT2D eigenvalue weighted by Crippen LogP contribution is -2.45. The number of fused-ring (bicyclic) bond motifs is 1. The first-order valence-corrected chi connectivity index (χ1v) is 8.31. The van der Waals surface area contributed by atoms with Crippen molar-refractivity contribution in [2.75, 3.05) is 18.4 Å². The van der Waals surface area contributed by atoms with Crippen molar-refractivity contribution in [3.05, 3.63) is 46.6 Å². The summed E-state index contributed by atoms with van der Waals surface area (Å²) in [7, 11) is 0. The van der Waals surface area contributed by atoms with E-state index in [4.69, 9.17) is 0 Å². The second-order valence-corrected chi connectivity index (χ2v) is 6.27. The van der Waals surface area contributed by atoms with Gasteiger partial charge in [0.15, 0.2) is 0 Å². The van der Waals surface area contributed by atoms with Crippen LogP contribution in [0, 0.1) is 6.92 Å². The predicted molar refractivity (Wildman–Crippen MR) is 89.4 cm³/mol. The number of anilines is 1. The molecule has 0 unspecified atom stereocenters. The van der Waals surface area contributed by atoms with Crippen LogP contribution in [0.3, 0.4) is 0 Å². The molecule has 0 fully saturated rings. The van der Waals surface area contributed by atoms with E-state index < -0.39 is 0 Å². The number of rotatable bonds is 3. The lowest BCUT2D eigenvalue weighted by molar-refractivity contribution is -0.115. The largest absolute Gasteiger partial charge is 0.329 e. The molecule has 6 nitrogen and oxygen atoms in total. The number of amides is 3. The Balaban J connectivity index is 1.50. The zero-order chi connectivity index (χ0) is 16.2. The number of hydrogen-bond acceptors (Lipinski definition) is 4.